The fourth-order valence-corrected chi connectivity index (χ4v) is 3.64. The number of rotatable bonds is 7. The lowest BCUT2D eigenvalue weighted by Gasteiger charge is -2.17. The van der Waals surface area contributed by atoms with E-state index in [1.807, 2.05) is 37.3 Å². The standard InChI is InChI=1S/C24H27N5O3/c1-16-14-22(28-24(25-16)29-12-4-5-13-29)26-18-7-9-19(10-8-18)27-23(30)17-6-11-20(31-2)21(15-17)32-3/h6-11,14-15H,4-5,12-13H2,1-3H3,(H,27,30)(H,25,26,28). The number of nitrogens with one attached hydrogen (secondary N) is 2. The summed E-state index contributed by atoms with van der Waals surface area (Å²) in [6.07, 6.45) is 2.35. The number of carbonyl (C=O) groups excluding carboxylic acids is 1. The Kier molecular flexibility index (Phi) is 6.39. The van der Waals surface area contributed by atoms with Crippen molar-refractivity contribution in [2.24, 2.45) is 0 Å². The minimum atomic E-state index is -0.228. The first-order valence-corrected chi connectivity index (χ1v) is 10.6. The van der Waals surface area contributed by atoms with Crippen molar-refractivity contribution in [3.8, 4) is 11.5 Å². The predicted octanol–water partition coefficient (Wildman–Crippen LogP) is 4.40. The second-order valence-electron chi connectivity index (χ2n) is 7.61. The highest BCUT2D eigenvalue weighted by Crippen LogP contribution is 2.28. The summed E-state index contributed by atoms with van der Waals surface area (Å²) in [4.78, 5) is 24.1. The van der Waals surface area contributed by atoms with Crippen molar-refractivity contribution in [2.75, 3.05) is 42.8 Å². The van der Waals surface area contributed by atoms with E-state index in [1.165, 1.54) is 12.8 Å². The van der Waals surface area contributed by atoms with Crippen LogP contribution in [0, 0.1) is 6.92 Å². The normalized spacial score (nSPS) is 13.0. The van der Waals surface area contributed by atoms with Crippen LogP contribution < -0.4 is 25.0 Å². The molecule has 0 saturated carbocycles. The van der Waals surface area contributed by atoms with Crippen molar-refractivity contribution in [1.82, 2.24) is 9.97 Å². The van der Waals surface area contributed by atoms with Crippen molar-refractivity contribution < 1.29 is 14.3 Å². The van der Waals surface area contributed by atoms with E-state index in [9.17, 15) is 4.79 Å². The maximum atomic E-state index is 12.6. The van der Waals surface area contributed by atoms with Gasteiger partial charge in [0.05, 0.1) is 14.2 Å². The summed E-state index contributed by atoms with van der Waals surface area (Å²) in [7, 11) is 3.10. The van der Waals surface area contributed by atoms with Gasteiger partial charge >= 0.3 is 0 Å². The Morgan fingerprint density at radius 3 is 2.28 bits per heavy atom. The van der Waals surface area contributed by atoms with Gasteiger partial charge in [0.2, 0.25) is 5.95 Å². The maximum absolute atomic E-state index is 12.6. The fraction of sp³-hybridized carbons (Fsp3) is 0.292. The zero-order valence-corrected chi connectivity index (χ0v) is 18.5. The number of hydrogen-bond acceptors (Lipinski definition) is 7. The molecule has 1 saturated heterocycles. The van der Waals surface area contributed by atoms with E-state index in [1.54, 1.807) is 32.4 Å². The molecule has 8 heteroatoms. The van der Waals surface area contributed by atoms with E-state index >= 15 is 0 Å². The first kappa shape index (κ1) is 21.4. The molecule has 0 bridgehead atoms. The van der Waals surface area contributed by atoms with E-state index in [-0.39, 0.29) is 5.91 Å². The number of aryl methyl sites for hydroxylation is 1. The highest BCUT2D eigenvalue weighted by Gasteiger charge is 2.16. The van der Waals surface area contributed by atoms with Crippen LogP contribution >= 0.6 is 0 Å². The molecule has 3 aromatic rings. The maximum Gasteiger partial charge on any atom is 0.255 e. The molecule has 0 atom stereocenters. The van der Waals surface area contributed by atoms with Crippen molar-refractivity contribution in [3.05, 3.63) is 59.8 Å². The quantitative estimate of drug-likeness (QED) is 0.571. The molecule has 1 fully saturated rings. The number of benzene rings is 2. The summed E-state index contributed by atoms with van der Waals surface area (Å²) in [5.41, 5.74) is 2.96. The molecule has 2 N–H and O–H groups in total. The number of methoxy groups -OCH3 is 2. The van der Waals surface area contributed by atoms with E-state index in [4.69, 9.17) is 9.47 Å². The lowest BCUT2D eigenvalue weighted by atomic mass is 10.1. The summed E-state index contributed by atoms with van der Waals surface area (Å²) < 4.78 is 10.5. The Balaban J connectivity index is 1.43. The van der Waals surface area contributed by atoms with Crippen LogP contribution in [0.2, 0.25) is 0 Å². The van der Waals surface area contributed by atoms with Crippen LogP contribution in [0.3, 0.4) is 0 Å². The SMILES string of the molecule is COc1ccc(C(=O)Nc2ccc(Nc3cc(C)nc(N4CCCC4)n3)cc2)cc1OC. The molecule has 166 valence electrons. The monoisotopic (exact) mass is 433 g/mol. The zero-order chi connectivity index (χ0) is 22.5. The highest BCUT2D eigenvalue weighted by atomic mass is 16.5. The van der Waals surface area contributed by atoms with Gasteiger partial charge in [0.15, 0.2) is 11.5 Å². The molecule has 8 nitrogen and oxygen atoms in total. The van der Waals surface area contributed by atoms with Gasteiger partial charge in [-0.3, -0.25) is 4.79 Å². The van der Waals surface area contributed by atoms with E-state index in [2.05, 4.69) is 25.5 Å². The van der Waals surface area contributed by atoms with E-state index in [0.29, 0.717) is 22.7 Å². The van der Waals surface area contributed by atoms with Gasteiger partial charge in [-0.15, -0.1) is 0 Å². The van der Waals surface area contributed by atoms with E-state index in [0.717, 1.165) is 36.2 Å². The molecule has 1 aliphatic rings. The first-order chi connectivity index (χ1) is 15.6. The second kappa shape index (κ2) is 9.55. The molecule has 2 heterocycles. The minimum Gasteiger partial charge on any atom is -0.493 e. The van der Waals surface area contributed by atoms with Gasteiger partial charge in [-0.25, -0.2) is 4.98 Å². The van der Waals surface area contributed by atoms with E-state index < -0.39 is 0 Å². The van der Waals surface area contributed by atoms with Gasteiger partial charge in [-0.1, -0.05) is 0 Å². The third-order valence-corrected chi connectivity index (χ3v) is 5.29. The van der Waals surface area contributed by atoms with Gasteiger partial charge < -0.3 is 25.0 Å². The smallest absolute Gasteiger partial charge is 0.255 e. The molecule has 1 aromatic heterocycles. The highest BCUT2D eigenvalue weighted by molar-refractivity contribution is 6.04. The van der Waals surface area contributed by atoms with Gasteiger partial charge in [-0.05, 0) is 62.2 Å². The van der Waals surface area contributed by atoms with Gasteiger partial charge in [0, 0.05) is 41.8 Å². The van der Waals surface area contributed by atoms with Crippen LogP contribution in [-0.4, -0.2) is 43.2 Å². The Morgan fingerprint density at radius 1 is 0.906 bits per heavy atom. The lowest BCUT2D eigenvalue weighted by molar-refractivity contribution is 0.102. The molecule has 32 heavy (non-hydrogen) atoms. The third-order valence-electron chi connectivity index (χ3n) is 5.29. The number of aromatic nitrogens is 2. The molecular formula is C24H27N5O3. The molecule has 1 amide bonds. The summed E-state index contributed by atoms with van der Waals surface area (Å²) in [6.45, 7) is 3.97. The average Bonchev–Trinajstić information content (AvgIpc) is 3.34. The Bertz CT molecular complexity index is 1100. The summed E-state index contributed by atoms with van der Waals surface area (Å²) in [6, 6.07) is 14.5. The first-order valence-electron chi connectivity index (χ1n) is 10.6. The summed E-state index contributed by atoms with van der Waals surface area (Å²) >= 11 is 0. The van der Waals surface area contributed by atoms with Crippen LogP contribution in [0.25, 0.3) is 0 Å². The van der Waals surface area contributed by atoms with Crippen molar-refractivity contribution in [3.63, 3.8) is 0 Å². The molecule has 0 spiro atoms. The van der Waals surface area contributed by atoms with Gasteiger partial charge in [0.1, 0.15) is 5.82 Å². The molecule has 4 rings (SSSR count). The van der Waals surface area contributed by atoms with Gasteiger partial charge in [-0.2, -0.15) is 4.98 Å². The number of hydrogen-bond donors (Lipinski definition) is 2. The molecule has 2 aromatic carbocycles. The Labute approximate surface area is 187 Å². The molecule has 0 unspecified atom stereocenters. The summed E-state index contributed by atoms with van der Waals surface area (Å²) in [5, 5.41) is 6.23. The van der Waals surface area contributed by atoms with Crippen LogP contribution in [0.4, 0.5) is 23.1 Å². The number of amides is 1. The Morgan fingerprint density at radius 2 is 1.59 bits per heavy atom. The minimum absolute atomic E-state index is 0.228. The van der Waals surface area contributed by atoms with Crippen LogP contribution in [0.5, 0.6) is 11.5 Å². The number of ether oxygens (including phenoxy) is 2. The zero-order valence-electron chi connectivity index (χ0n) is 18.5. The largest absolute Gasteiger partial charge is 0.493 e. The van der Waals surface area contributed by atoms with Crippen LogP contribution in [-0.2, 0) is 0 Å². The number of anilines is 4. The van der Waals surface area contributed by atoms with Crippen molar-refractivity contribution in [1.29, 1.82) is 0 Å². The fourth-order valence-electron chi connectivity index (χ4n) is 3.64. The Hall–Kier alpha value is -3.81. The average molecular weight is 434 g/mol. The molecule has 0 aliphatic carbocycles. The number of nitrogens with zero attached hydrogens (tertiary/aromatic N) is 3. The van der Waals surface area contributed by atoms with Crippen LogP contribution in [0.15, 0.2) is 48.5 Å². The second-order valence-corrected chi connectivity index (χ2v) is 7.61. The van der Waals surface area contributed by atoms with Crippen molar-refractivity contribution in [2.45, 2.75) is 19.8 Å². The molecule has 0 radical (unpaired) electrons. The van der Waals surface area contributed by atoms with Crippen molar-refractivity contribution >= 4 is 29.0 Å². The molecular weight excluding hydrogens is 406 g/mol. The molecule has 1 aliphatic heterocycles. The topological polar surface area (TPSA) is 88.6 Å². The lowest BCUT2D eigenvalue weighted by Crippen LogP contribution is -2.21. The predicted molar refractivity (Wildman–Crippen MR) is 125 cm³/mol. The number of carbonyl (C=O) groups is 1. The van der Waals surface area contributed by atoms with Crippen LogP contribution in [0.1, 0.15) is 28.9 Å². The van der Waals surface area contributed by atoms with Gasteiger partial charge in [0.25, 0.3) is 5.91 Å². The summed E-state index contributed by atoms with van der Waals surface area (Å²) in [5.74, 6) is 2.37. The third kappa shape index (κ3) is 4.91.